The monoisotopic (exact) mass is 337 g/mol. The minimum absolute atomic E-state index is 0.0779. The van der Waals surface area contributed by atoms with E-state index in [0.717, 1.165) is 16.0 Å². The maximum absolute atomic E-state index is 12.0. The Labute approximate surface area is 135 Å². The van der Waals surface area contributed by atoms with Gasteiger partial charge in [-0.15, -0.1) is 22.7 Å². The van der Waals surface area contributed by atoms with Crippen LogP contribution in [0, 0.1) is 0 Å². The lowest BCUT2D eigenvalue weighted by Crippen LogP contribution is -2.13. The number of rotatable bonds is 7. The summed E-state index contributed by atoms with van der Waals surface area (Å²) in [6.45, 7) is 0. The van der Waals surface area contributed by atoms with Crippen LogP contribution in [-0.2, 0) is 20.7 Å². The Morgan fingerprint density at radius 3 is 2.68 bits per heavy atom. The summed E-state index contributed by atoms with van der Waals surface area (Å²) in [5, 5.41) is 3.77. The third kappa shape index (κ3) is 4.02. The molecule has 0 saturated carbocycles. The fraction of sp³-hybridized carbons (Fsp3) is 0.267. The van der Waals surface area contributed by atoms with Gasteiger partial charge in [-0.3, -0.25) is 14.4 Å². The first-order valence-corrected chi connectivity index (χ1v) is 8.30. The maximum Gasteiger partial charge on any atom is 0.305 e. The van der Waals surface area contributed by atoms with E-state index in [1.165, 1.54) is 29.8 Å². The van der Waals surface area contributed by atoms with Gasteiger partial charge in [-0.1, -0.05) is 0 Å². The molecule has 2 aromatic rings. The van der Waals surface area contributed by atoms with Crippen LogP contribution in [-0.4, -0.2) is 24.8 Å². The Kier molecular flexibility index (Phi) is 5.46. The molecule has 7 heteroatoms. The number of Topliss-reactive ketones (excluding diaryl/α,β-unsaturated/α-hetero) is 1. The lowest BCUT2D eigenvalue weighted by molar-refractivity contribution is -0.140. The number of nitrogens with two attached hydrogens (primary N) is 1. The summed E-state index contributed by atoms with van der Waals surface area (Å²) in [7, 11) is 1.30. The van der Waals surface area contributed by atoms with Crippen LogP contribution in [0.15, 0.2) is 22.9 Å². The summed E-state index contributed by atoms with van der Waals surface area (Å²) in [6, 6.07) is 3.65. The summed E-state index contributed by atoms with van der Waals surface area (Å²) < 4.78 is 4.52. The van der Waals surface area contributed by atoms with Crippen LogP contribution in [0.5, 0.6) is 0 Å². The quantitative estimate of drug-likeness (QED) is 0.621. The predicted molar refractivity (Wildman–Crippen MR) is 86.1 cm³/mol. The van der Waals surface area contributed by atoms with Gasteiger partial charge in [0.2, 0.25) is 5.91 Å². The third-order valence-electron chi connectivity index (χ3n) is 3.03. The first-order valence-electron chi connectivity index (χ1n) is 6.55. The number of ether oxygens (including phenoxy) is 1. The molecule has 2 N–H and O–H groups in total. The van der Waals surface area contributed by atoms with Crippen molar-refractivity contribution in [3.63, 3.8) is 0 Å². The fourth-order valence-electron chi connectivity index (χ4n) is 1.96. The summed E-state index contributed by atoms with van der Waals surface area (Å²) in [4.78, 5) is 35.7. The van der Waals surface area contributed by atoms with E-state index in [-0.39, 0.29) is 31.0 Å². The highest BCUT2D eigenvalue weighted by Gasteiger charge is 2.15. The molecule has 0 saturated heterocycles. The van der Waals surface area contributed by atoms with Gasteiger partial charge >= 0.3 is 5.97 Å². The van der Waals surface area contributed by atoms with E-state index in [0.29, 0.717) is 4.88 Å². The molecule has 1 amide bonds. The summed E-state index contributed by atoms with van der Waals surface area (Å²) in [5.41, 5.74) is 7.00. The first kappa shape index (κ1) is 16.4. The van der Waals surface area contributed by atoms with Crippen molar-refractivity contribution in [2.75, 3.05) is 7.11 Å². The molecule has 0 aliphatic heterocycles. The molecule has 0 bridgehead atoms. The van der Waals surface area contributed by atoms with Gasteiger partial charge in [-0.2, -0.15) is 0 Å². The number of hydrogen-bond acceptors (Lipinski definition) is 6. The van der Waals surface area contributed by atoms with Gasteiger partial charge < -0.3 is 10.5 Å². The topological polar surface area (TPSA) is 86.5 Å². The second kappa shape index (κ2) is 7.33. The number of amides is 1. The Bertz CT molecular complexity index is 702. The highest BCUT2D eigenvalue weighted by molar-refractivity contribution is 7.15. The summed E-state index contributed by atoms with van der Waals surface area (Å²) >= 11 is 2.84. The minimum atomic E-state index is -0.396. The molecule has 0 radical (unpaired) electrons. The van der Waals surface area contributed by atoms with Crippen molar-refractivity contribution >= 4 is 40.3 Å². The number of esters is 1. The third-order valence-corrected chi connectivity index (χ3v) is 5.01. The van der Waals surface area contributed by atoms with E-state index < -0.39 is 5.97 Å². The molecule has 0 spiro atoms. The highest BCUT2D eigenvalue weighted by Crippen LogP contribution is 2.33. The molecular weight excluding hydrogens is 322 g/mol. The normalized spacial score (nSPS) is 10.4. The van der Waals surface area contributed by atoms with E-state index in [4.69, 9.17) is 5.73 Å². The van der Waals surface area contributed by atoms with E-state index in [1.54, 1.807) is 6.07 Å². The van der Waals surface area contributed by atoms with Crippen LogP contribution < -0.4 is 5.73 Å². The van der Waals surface area contributed by atoms with Gasteiger partial charge in [0.15, 0.2) is 5.78 Å². The zero-order valence-electron chi connectivity index (χ0n) is 12.0. The first-order chi connectivity index (χ1) is 10.5. The number of carbonyl (C=O) groups excluding carboxylic acids is 3. The average molecular weight is 337 g/mol. The van der Waals surface area contributed by atoms with E-state index >= 15 is 0 Å². The molecule has 0 unspecified atom stereocenters. The van der Waals surface area contributed by atoms with Crippen LogP contribution in [0.4, 0.5) is 0 Å². The molecule has 2 aromatic heterocycles. The summed E-state index contributed by atoms with van der Waals surface area (Å²) in [6.07, 6.45) is 0.389. The largest absolute Gasteiger partial charge is 0.469 e. The number of hydrogen-bond donors (Lipinski definition) is 1. The molecule has 0 fully saturated rings. The number of methoxy groups -OCH3 is 1. The van der Waals surface area contributed by atoms with Crippen molar-refractivity contribution in [1.82, 2.24) is 0 Å². The van der Waals surface area contributed by atoms with Crippen LogP contribution in [0.2, 0.25) is 0 Å². The molecule has 22 heavy (non-hydrogen) atoms. The Balaban J connectivity index is 2.11. The Hall–Kier alpha value is -1.99. The van der Waals surface area contributed by atoms with E-state index in [9.17, 15) is 14.4 Å². The molecule has 0 aliphatic carbocycles. The molecule has 2 rings (SSSR count). The molecule has 0 aliphatic rings. The van der Waals surface area contributed by atoms with Crippen molar-refractivity contribution in [1.29, 1.82) is 0 Å². The Morgan fingerprint density at radius 1 is 1.23 bits per heavy atom. The van der Waals surface area contributed by atoms with Crippen molar-refractivity contribution in [3.8, 4) is 10.4 Å². The fourth-order valence-corrected chi connectivity index (χ4v) is 3.82. The minimum Gasteiger partial charge on any atom is -0.469 e. The van der Waals surface area contributed by atoms with Gasteiger partial charge in [0.1, 0.15) is 0 Å². The number of carbonyl (C=O) groups is 3. The predicted octanol–water partition coefficient (Wildman–Crippen LogP) is 2.64. The van der Waals surface area contributed by atoms with Crippen LogP contribution in [0.1, 0.15) is 28.1 Å². The number of thiophene rings is 2. The second-order valence-corrected chi connectivity index (χ2v) is 6.44. The second-order valence-electron chi connectivity index (χ2n) is 4.62. The van der Waals surface area contributed by atoms with Crippen molar-refractivity contribution < 1.29 is 19.1 Å². The highest BCUT2D eigenvalue weighted by atomic mass is 32.1. The van der Waals surface area contributed by atoms with Crippen LogP contribution in [0.25, 0.3) is 10.4 Å². The number of primary amides is 1. The molecule has 0 atom stereocenters. The van der Waals surface area contributed by atoms with Gasteiger partial charge in [0.25, 0.3) is 0 Å². The molecule has 5 nitrogen and oxygen atoms in total. The number of ketones is 1. The van der Waals surface area contributed by atoms with Gasteiger partial charge in [-0.05, 0) is 23.1 Å². The zero-order valence-corrected chi connectivity index (χ0v) is 13.6. The SMILES string of the molecule is COC(=O)CCC(=O)c1cc(-c2sccc2CC(N)=O)cs1. The van der Waals surface area contributed by atoms with E-state index in [1.807, 2.05) is 16.8 Å². The van der Waals surface area contributed by atoms with Crippen LogP contribution in [0.3, 0.4) is 0 Å². The van der Waals surface area contributed by atoms with Crippen molar-refractivity contribution in [3.05, 3.63) is 33.3 Å². The zero-order chi connectivity index (χ0) is 16.1. The van der Waals surface area contributed by atoms with Crippen molar-refractivity contribution in [2.45, 2.75) is 19.3 Å². The standard InChI is InChI=1S/C15H15NO4S2/c1-20-14(19)3-2-11(17)12-6-10(8-22-12)15-9(4-5-21-15)7-13(16)18/h4-6,8H,2-3,7H2,1H3,(H2,16,18). The maximum atomic E-state index is 12.0. The molecule has 116 valence electrons. The summed E-state index contributed by atoms with van der Waals surface area (Å²) in [5.74, 6) is -0.869. The molecular formula is C15H15NO4S2. The Morgan fingerprint density at radius 2 is 2.00 bits per heavy atom. The lowest BCUT2D eigenvalue weighted by atomic mass is 10.1. The van der Waals surface area contributed by atoms with Crippen LogP contribution >= 0.6 is 22.7 Å². The van der Waals surface area contributed by atoms with Crippen molar-refractivity contribution in [2.24, 2.45) is 5.73 Å². The van der Waals surface area contributed by atoms with E-state index in [2.05, 4.69) is 4.74 Å². The van der Waals surface area contributed by atoms with Gasteiger partial charge in [0, 0.05) is 22.2 Å². The lowest BCUT2D eigenvalue weighted by Gasteiger charge is -1.99. The average Bonchev–Trinajstić information content (AvgIpc) is 3.12. The van der Waals surface area contributed by atoms with Gasteiger partial charge in [0.05, 0.1) is 24.8 Å². The van der Waals surface area contributed by atoms with Gasteiger partial charge in [-0.25, -0.2) is 0 Å². The molecule has 2 heterocycles. The molecule has 0 aromatic carbocycles. The smallest absolute Gasteiger partial charge is 0.305 e.